The molecule has 2 amide bonds. The summed E-state index contributed by atoms with van der Waals surface area (Å²) < 4.78 is 11.9. The Morgan fingerprint density at radius 2 is 1.83 bits per heavy atom. The monoisotopic (exact) mass is 484 g/mol. The van der Waals surface area contributed by atoms with E-state index in [2.05, 4.69) is 43.1 Å². The topological polar surface area (TPSA) is 66.4 Å². The van der Waals surface area contributed by atoms with Crippen molar-refractivity contribution < 1.29 is 14.3 Å². The van der Waals surface area contributed by atoms with Crippen molar-refractivity contribution in [2.75, 3.05) is 32.1 Å². The van der Waals surface area contributed by atoms with Crippen molar-refractivity contribution in [3.05, 3.63) is 77.9 Å². The zero-order valence-electron chi connectivity index (χ0n) is 21.2. The maximum atomic E-state index is 13.1. The molecule has 3 aromatic rings. The Kier molecular flexibility index (Phi) is 6.55. The number of anilines is 1. The van der Waals surface area contributed by atoms with Gasteiger partial charge in [-0.05, 0) is 54.8 Å². The Labute approximate surface area is 212 Å². The van der Waals surface area contributed by atoms with Gasteiger partial charge in [-0.1, -0.05) is 44.2 Å². The number of nitrogens with zero attached hydrogens (tertiary/aromatic N) is 3. The number of ether oxygens (including phenoxy) is 2. The summed E-state index contributed by atoms with van der Waals surface area (Å²) in [6, 6.07) is 21.6. The van der Waals surface area contributed by atoms with Gasteiger partial charge in [-0.25, -0.2) is 9.79 Å². The van der Waals surface area contributed by atoms with Crippen LogP contribution in [0.2, 0.25) is 0 Å². The fourth-order valence-electron chi connectivity index (χ4n) is 4.72. The highest BCUT2D eigenvalue weighted by atomic mass is 16.5. The van der Waals surface area contributed by atoms with Crippen LogP contribution in [0.25, 0.3) is 0 Å². The first-order valence-electron chi connectivity index (χ1n) is 12.4. The maximum Gasteiger partial charge on any atom is 0.322 e. The summed E-state index contributed by atoms with van der Waals surface area (Å²) in [7, 11) is 1.64. The van der Waals surface area contributed by atoms with E-state index in [4.69, 9.17) is 14.5 Å². The molecule has 1 saturated heterocycles. The number of amides is 2. The summed E-state index contributed by atoms with van der Waals surface area (Å²) >= 11 is 0. The number of aliphatic imine (C=N–C) groups is 1. The lowest BCUT2D eigenvalue weighted by Crippen LogP contribution is -2.56. The minimum absolute atomic E-state index is 0.00939. The van der Waals surface area contributed by atoms with Gasteiger partial charge in [0.25, 0.3) is 0 Å². The number of hydrogen-bond donors (Lipinski definition) is 1. The molecule has 7 nitrogen and oxygen atoms in total. The average Bonchev–Trinajstić information content (AvgIpc) is 3.05. The fraction of sp³-hybridized carbons (Fsp3) is 0.310. The average molecular weight is 485 g/mol. The lowest BCUT2D eigenvalue weighted by molar-refractivity contribution is 0.145. The molecule has 36 heavy (non-hydrogen) atoms. The third kappa shape index (κ3) is 4.61. The Hall–Kier alpha value is -4.00. The van der Waals surface area contributed by atoms with E-state index in [0.29, 0.717) is 42.8 Å². The zero-order chi connectivity index (χ0) is 25.2. The van der Waals surface area contributed by atoms with E-state index in [9.17, 15) is 4.79 Å². The van der Waals surface area contributed by atoms with E-state index in [1.165, 1.54) is 5.56 Å². The minimum Gasteiger partial charge on any atom is -0.493 e. The second-order valence-electron chi connectivity index (χ2n) is 9.54. The number of piperazine rings is 1. The van der Waals surface area contributed by atoms with E-state index in [1.807, 2.05) is 59.5 Å². The molecular weight excluding hydrogens is 452 g/mol. The predicted octanol–water partition coefficient (Wildman–Crippen LogP) is 6.24. The van der Waals surface area contributed by atoms with Crippen molar-refractivity contribution >= 4 is 23.2 Å². The van der Waals surface area contributed by atoms with Crippen molar-refractivity contribution in [2.45, 2.75) is 32.7 Å². The smallest absolute Gasteiger partial charge is 0.322 e. The lowest BCUT2D eigenvalue weighted by Gasteiger charge is -2.41. The molecule has 0 saturated carbocycles. The van der Waals surface area contributed by atoms with Gasteiger partial charge in [0, 0.05) is 31.4 Å². The van der Waals surface area contributed by atoms with E-state index < -0.39 is 0 Å². The van der Waals surface area contributed by atoms with E-state index in [0.717, 1.165) is 22.8 Å². The largest absolute Gasteiger partial charge is 0.493 e. The van der Waals surface area contributed by atoms with Crippen LogP contribution in [-0.2, 0) is 0 Å². The first-order chi connectivity index (χ1) is 17.4. The predicted molar refractivity (Wildman–Crippen MR) is 143 cm³/mol. The number of rotatable bonds is 3. The van der Waals surface area contributed by atoms with Crippen molar-refractivity contribution in [2.24, 2.45) is 4.99 Å². The second kappa shape index (κ2) is 9.93. The van der Waals surface area contributed by atoms with Gasteiger partial charge < -0.3 is 24.6 Å². The van der Waals surface area contributed by atoms with Crippen LogP contribution < -0.4 is 14.8 Å². The highest BCUT2D eigenvalue weighted by Gasteiger charge is 2.32. The van der Waals surface area contributed by atoms with Crippen LogP contribution >= 0.6 is 0 Å². The van der Waals surface area contributed by atoms with Gasteiger partial charge in [0.05, 0.1) is 12.7 Å². The van der Waals surface area contributed by atoms with Gasteiger partial charge >= 0.3 is 6.03 Å². The number of benzene rings is 3. The molecule has 7 heteroatoms. The Morgan fingerprint density at radius 1 is 1.06 bits per heavy atom. The molecule has 1 unspecified atom stereocenters. The molecule has 1 atom stereocenters. The Morgan fingerprint density at radius 3 is 2.56 bits per heavy atom. The SMILES string of the molecule is COc1cccc2c1Oc1ccccc1N=C2N1CCN(C(=O)Nc2ccc(C(C)C)cc2)C(C)C1. The van der Waals surface area contributed by atoms with Gasteiger partial charge in [-0.3, -0.25) is 0 Å². The summed E-state index contributed by atoms with van der Waals surface area (Å²) in [5.74, 6) is 3.28. The van der Waals surface area contributed by atoms with Gasteiger partial charge in [-0.2, -0.15) is 0 Å². The van der Waals surface area contributed by atoms with Crippen LogP contribution in [0.4, 0.5) is 16.2 Å². The first-order valence-corrected chi connectivity index (χ1v) is 12.4. The Bertz CT molecular complexity index is 1290. The molecule has 0 bridgehead atoms. The molecule has 2 aliphatic rings. The van der Waals surface area contributed by atoms with Gasteiger partial charge in [-0.15, -0.1) is 0 Å². The van der Waals surface area contributed by atoms with Gasteiger partial charge in [0.2, 0.25) is 0 Å². The van der Waals surface area contributed by atoms with Crippen LogP contribution in [0.3, 0.4) is 0 Å². The second-order valence-corrected chi connectivity index (χ2v) is 9.54. The van der Waals surface area contributed by atoms with Crippen molar-refractivity contribution in [3.8, 4) is 17.2 Å². The quantitative estimate of drug-likeness (QED) is 0.478. The first kappa shape index (κ1) is 23.7. The number of carbonyl (C=O) groups excluding carboxylic acids is 1. The van der Waals surface area contributed by atoms with Crippen LogP contribution in [0, 0.1) is 0 Å². The van der Waals surface area contributed by atoms with Crippen LogP contribution in [0.15, 0.2) is 71.7 Å². The van der Waals surface area contributed by atoms with Crippen LogP contribution in [0.5, 0.6) is 17.2 Å². The van der Waals surface area contributed by atoms with Gasteiger partial charge in [0.1, 0.15) is 11.5 Å². The molecule has 0 aliphatic carbocycles. The zero-order valence-corrected chi connectivity index (χ0v) is 21.2. The van der Waals surface area contributed by atoms with Crippen LogP contribution in [0.1, 0.15) is 37.8 Å². The third-order valence-corrected chi connectivity index (χ3v) is 6.76. The third-order valence-electron chi connectivity index (χ3n) is 6.76. The normalized spacial score (nSPS) is 16.9. The summed E-state index contributed by atoms with van der Waals surface area (Å²) in [6.07, 6.45) is 0. The highest BCUT2D eigenvalue weighted by Crippen LogP contribution is 2.42. The van der Waals surface area contributed by atoms with E-state index in [1.54, 1.807) is 7.11 Å². The van der Waals surface area contributed by atoms with E-state index >= 15 is 0 Å². The molecule has 0 aromatic heterocycles. The molecule has 1 N–H and O–H groups in total. The lowest BCUT2D eigenvalue weighted by atomic mass is 10.0. The maximum absolute atomic E-state index is 13.1. The summed E-state index contributed by atoms with van der Waals surface area (Å²) in [6.45, 7) is 8.28. The molecule has 2 heterocycles. The number of amidine groups is 1. The standard InChI is InChI=1S/C29H32N4O3/c1-19(2)21-12-14-22(15-13-21)30-29(34)33-17-16-32(18-20(33)3)28-23-8-7-11-26(35-4)27(23)36-25-10-6-5-9-24(25)31-28/h5-15,19-20H,16-18H2,1-4H3,(H,30,34). The summed E-state index contributed by atoms with van der Waals surface area (Å²) in [4.78, 5) is 22.2. The number of urea groups is 1. The molecule has 3 aromatic carbocycles. The Balaban J connectivity index is 1.37. The molecule has 1 fully saturated rings. The molecule has 186 valence electrons. The summed E-state index contributed by atoms with van der Waals surface area (Å²) in [5.41, 5.74) is 3.70. The number of methoxy groups -OCH3 is 1. The number of hydrogen-bond acceptors (Lipinski definition) is 5. The number of para-hydroxylation sites is 3. The van der Waals surface area contributed by atoms with Crippen LogP contribution in [-0.4, -0.2) is 54.5 Å². The number of carbonyl (C=O) groups is 1. The summed E-state index contributed by atoms with van der Waals surface area (Å²) in [5, 5.41) is 3.06. The highest BCUT2D eigenvalue weighted by molar-refractivity contribution is 6.04. The number of fused-ring (bicyclic) bond motifs is 2. The van der Waals surface area contributed by atoms with Crippen molar-refractivity contribution in [3.63, 3.8) is 0 Å². The van der Waals surface area contributed by atoms with Gasteiger partial charge in [0.15, 0.2) is 17.2 Å². The number of nitrogens with one attached hydrogen (secondary N) is 1. The van der Waals surface area contributed by atoms with Crippen molar-refractivity contribution in [1.82, 2.24) is 9.80 Å². The molecular formula is C29H32N4O3. The molecule has 5 rings (SSSR count). The fourth-order valence-corrected chi connectivity index (χ4v) is 4.72. The molecule has 2 aliphatic heterocycles. The molecule has 0 spiro atoms. The van der Waals surface area contributed by atoms with Crippen molar-refractivity contribution in [1.29, 1.82) is 0 Å². The minimum atomic E-state index is -0.0852. The van der Waals surface area contributed by atoms with E-state index in [-0.39, 0.29) is 12.1 Å². The molecule has 0 radical (unpaired) electrons.